The topological polar surface area (TPSA) is 9.23 Å². The molecule has 0 aliphatic rings. The third-order valence-electron chi connectivity index (χ3n) is 2.78. The Kier molecular flexibility index (Phi) is 5.35. The van der Waals surface area contributed by atoms with Crippen molar-refractivity contribution in [3.8, 4) is 5.75 Å². The summed E-state index contributed by atoms with van der Waals surface area (Å²) in [5.74, 6) is 0.206. The van der Waals surface area contributed by atoms with Crippen molar-refractivity contribution in [2.75, 3.05) is 7.11 Å². The molecule has 2 aromatic rings. The summed E-state index contributed by atoms with van der Waals surface area (Å²) in [5.41, 5.74) is 1.64. The molecule has 0 aromatic heterocycles. The second kappa shape index (κ2) is 6.65. The lowest BCUT2D eigenvalue weighted by Crippen LogP contribution is -1.97. The molecule has 106 valence electrons. The number of halogens is 5. The third kappa shape index (κ3) is 3.30. The summed E-state index contributed by atoms with van der Waals surface area (Å²) >= 11 is 19.3. The average molecular weight is 443 g/mol. The fraction of sp³-hybridized carbons (Fsp3) is 0.143. The van der Waals surface area contributed by atoms with Crippen LogP contribution in [-0.2, 0) is 0 Å². The van der Waals surface area contributed by atoms with Crippen LogP contribution in [0, 0.1) is 5.82 Å². The van der Waals surface area contributed by atoms with E-state index in [-0.39, 0.29) is 10.6 Å². The highest BCUT2D eigenvalue weighted by Gasteiger charge is 2.19. The van der Waals surface area contributed by atoms with Gasteiger partial charge in [-0.2, -0.15) is 0 Å². The maximum atomic E-state index is 13.1. The van der Waals surface area contributed by atoms with Crippen LogP contribution in [0.1, 0.15) is 16.0 Å². The Morgan fingerprint density at radius 3 is 2.40 bits per heavy atom. The maximum Gasteiger partial charge on any atom is 0.138 e. The van der Waals surface area contributed by atoms with E-state index < -0.39 is 0 Å². The first kappa shape index (κ1) is 16.1. The van der Waals surface area contributed by atoms with Gasteiger partial charge in [0.25, 0.3) is 0 Å². The Morgan fingerprint density at radius 1 is 1.10 bits per heavy atom. The number of hydrogen-bond acceptors (Lipinski definition) is 1. The quantitative estimate of drug-likeness (QED) is 0.500. The van der Waals surface area contributed by atoms with Gasteiger partial charge in [-0.3, -0.25) is 0 Å². The molecule has 0 N–H and O–H groups in total. The van der Waals surface area contributed by atoms with Crippen LogP contribution >= 0.6 is 55.1 Å². The summed E-state index contributed by atoms with van der Waals surface area (Å²) in [7, 11) is 1.53. The van der Waals surface area contributed by atoms with E-state index in [0.717, 1.165) is 11.1 Å². The Bertz CT molecular complexity index is 649. The van der Waals surface area contributed by atoms with Crippen LogP contribution in [0.25, 0.3) is 0 Å². The largest absolute Gasteiger partial charge is 0.495 e. The van der Waals surface area contributed by atoms with Crippen molar-refractivity contribution in [2.24, 2.45) is 0 Å². The molecule has 20 heavy (non-hydrogen) atoms. The van der Waals surface area contributed by atoms with E-state index in [4.69, 9.17) is 27.9 Å². The number of alkyl halides is 1. The van der Waals surface area contributed by atoms with Gasteiger partial charge in [-0.1, -0.05) is 61.1 Å². The second-order valence-electron chi connectivity index (χ2n) is 4.04. The van der Waals surface area contributed by atoms with Gasteiger partial charge in [-0.15, -0.1) is 0 Å². The number of hydrogen-bond donors (Lipinski definition) is 0. The first-order chi connectivity index (χ1) is 9.43. The van der Waals surface area contributed by atoms with Crippen LogP contribution in [0.3, 0.4) is 0 Å². The van der Waals surface area contributed by atoms with Crippen molar-refractivity contribution < 1.29 is 9.13 Å². The molecule has 2 aromatic carbocycles. The minimum atomic E-state index is -0.306. The van der Waals surface area contributed by atoms with Gasteiger partial charge >= 0.3 is 0 Å². The Labute approximate surface area is 143 Å². The molecule has 0 saturated heterocycles. The van der Waals surface area contributed by atoms with E-state index in [1.807, 2.05) is 0 Å². The van der Waals surface area contributed by atoms with Crippen molar-refractivity contribution in [1.82, 2.24) is 0 Å². The Hall–Kier alpha value is -0.290. The zero-order valence-corrected chi connectivity index (χ0v) is 14.9. The van der Waals surface area contributed by atoms with Gasteiger partial charge < -0.3 is 4.74 Å². The van der Waals surface area contributed by atoms with Crippen molar-refractivity contribution >= 4 is 55.1 Å². The van der Waals surface area contributed by atoms with Gasteiger partial charge in [0, 0.05) is 15.6 Å². The van der Waals surface area contributed by atoms with Crippen molar-refractivity contribution in [2.45, 2.75) is 4.83 Å². The van der Waals surface area contributed by atoms with Gasteiger partial charge in [0.15, 0.2) is 0 Å². The molecule has 0 heterocycles. The average Bonchev–Trinajstić information content (AvgIpc) is 2.40. The van der Waals surface area contributed by atoms with Gasteiger partial charge in [0.05, 0.1) is 17.0 Å². The van der Waals surface area contributed by atoms with E-state index in [1.165, 1.54) is 19.2 Å². The number of ether oxygens (including phenoxy) is 1. The van der Waals surface area contributed by atoms with Crippen molar-refractivity contribution in [3.05, 3.63) is 61.8 Å². The number of benzene rings is 2. The molecule has 2 rings (SSSR count). The van der Waals surface area contributed by atoms with Crippen molar-refractivity contribution in [3.63, 3.8) is 0 Å². The summed E-state index contributed by atoms with van der Waals surface area (Å²) in [6, 6.07) is 7.88. The maximum absolute atomic E-state index is 13.1. The zero-order chi connectivity index (χ0) is 14.9. The second-order valence-corrected chi connectivity index (χ2v) is 6.62. The highest BCUT2D eigenvalue weighted by molar-refractivity contribution is 9.11. The predicted molar refractivity (Wildman–Crippen MR) is 87.9 cm³/mol. The molecule has 1 unspecified atom stereocenters. The van der Waals surface area contributed by atoms with Gasteiger partial charge in [-0.05, 0) is 29.3 Å². The van der Waals surface area contributed by atoms with Crippen LogP contribution in [0.2, 0.25) is 10.0 Å². The molecule has 0 aliphatic heterocycles. The monoisotopic (exact) mass is 440 g/mol. The molecule has 0 spiro atoms. The van der Waals surface area contributed by atoms with Gasteiger partial charge in [-0.25, -0.2) is 4.39 Å². The summed E-state index contributed by atoms with van der Waals surface area (Å²) in [6.07, 6.45) is 0. The molecule has 1 nitrogen and oxygen atoms in total. The SMILES string of the molecule is COc1cc(Cl)c(C(Br)c2ccc(F)cc2Br)cc1Cl. The molecule has 0 fully saturated rings. The van der Waals surface area contributed by atoms with E-state index in [2.05, 4.69) is 31.9 Å². The predicted octanol–water partition coefficient (Wildman–Crippen LogP) is 6.39. The fourth-order valence-electron chi connectivity index (χ4n) is 1.77. The van der Waals surface area contributed by atoms with Crippen LogP contribution < -0.4 is 4.74 Å². The molecule has 1 atom stereocenters. The summed E-state index contributed by atoms with van der Waals surface area (Å²) in [6.45, 7) is 0. The Morgan fingerprint density at radius 2 is 1.80 bits per heavy atom. The smallest absolute Gasteiger partial charge is 0.138 e. The van der Waals surface area contributed by atoms with Crippen LogP contribution in [0.5, 0.6) is 5.75 Å². The molecule has 0 aliphatic carbocycles. The van der Waals surface area contributed by atoms with E-state index in [1.54, 1.807) is 18.2 Å². The molecule has 0 radical (unpaired) electrons. The summed E-state index contributed by atoms with van der Waals surface area (Å²) in [4.78, 5) is -0.214. The van der Waals surface area contributed by atoms with E-state index >= 15 is 0 Å². The minimum absolute atomic E-state index is 0.214. The number of rotatable bonds is 3. The van der Waals surface area contributed by atoms with Crippen LogP contribution in [0.4, 0.5) is 4.39 Å². The standard InChI is InChI=1S/C14H9Br2Cl2FO/c1-20-13-6-11(17)9(5-12(13)18)14(16)8-3-2-7(19)4-10(8)15/h2-6,14H,1H3. The molecule has 0 saturated carbocycles. The fourth-order valence-corrected chi connectivity index (χ4v) is 4.08. The number of methoxy groups -OCH3 is 1. The van der Waals surface area contributed by atoms with Crippen molar-refractivity contribution in [1.29, 1.82) is 0 Å². The lowest BCUT2D eigenvalue weighted by molar-refractivity contribution is 0.415. The lowest BCUT2D eigenvalue weighted by atomic mass is 10.0. The van der Waals surface area contributed by atoms with Crippen LogP contribution in [0.15, 0.2) is 34.8 Å². The molecule has 0 amide bonds. The lowest BCUT2D eigenvalue weighted by Gasteiger charge is -2.16. The molecule has 6 heteroatoms. The summed E-state index contributed by atoms with van der Waals surface area (Å²) < 4.78 is 18.9. The first-order valence-electron chi connectivity index (χ1n) is 5.56. The molecule has 0 bridgehead atoms. The van der Waals surface area contributed by atoms with E-state index in [9.17, 15) is 4.39 Å². The first-order valence-corrected chi connectivity index (χ1v) is 8.02. The third-order valence-corrected chi connectivity index (χ3v) is 5.08. The van der Waals surface area contributed by atoms with Gasteiger partial charge in [0.1, 0.15) is 11.6 Å². The summed E-state index contributed by atoms with van der Waals surface area (Å²) in [5, 5.41) is 0.985. The Balaban J connectivity index is 2.48. The zero-order valence-electron chi connectivity index (χ0n) is 10.3. The highest BCUT2D eigenvalue weighted by atomic mass is 79.9. The molecular weight excluding hydrogens is 434 g/mol. The molecular formula is C14H9Br2Cl2FO. The van der Waals surface area contributed by atoms with Gasteiger partial charge in [0.2, 0.25) is 0 Å². The van der Waals surface area contributed by atoms with Crippen LogP contribution in [-0.4, -0.2) is 7.11 Å². The highest BCUT2D eigenvalue weighted by Crippen LogP contribution is 2.42. The van der Waals surface area contributed by atoms with E-state index in [0.29, 0.717) is 20.3 Å². The normalized spacial score (nSPS) is 12.3. The minimum Gasteiger partial charge on any atom is -0.495 e.